The van der Waals surface area contributed by atoms with Gasteiger partial charge in [0.15, 0.2) is 0 Å². The van der Waals surface area contributed by atoms with E-state index in [-0.39, 0.29) is 24.9 Å². The fourth-order valence-corrected chi connectivity index (χ4v) is 3.67. The Morgan fingerprint density at radius 2 is 1.61 bits per heavy atom. The van der Waals surface area contributed by atoms with Gasteiger partial charge in [-0.1, -0.05) is 32.1 Å². The van der Waals surface area contributed by atoms with Crippen molar-refractivity contribution in [2.45, 2.75) is 62.7 Å². The van der Waals surface area contributed by atoms with Crippen LogP contribution in [-0.4, -0.2) is 37.1 Å². The number of halogens is 1. The van der Waals surface area contributed by atoms with Crippen molar-refractivity contribution in [3.05, 3.63) is 0 Å². The monoisotopic (exact) mass is 277 g/mol. The smallest absolute Gasteiger partial charge is 0.307 e. The maximum absolute atomic E-state index is 12.9. The zero-order valence-corrected chi connectivity index (χ0v) is 11.3. The van der Waals surface area contributed by atoms with Gasteiger partial charge in [0, 0.05) is 19.0 Å². The SMILES string of the molecule is O=C1CC(S(=O)(=O)F)CN1C1CCCCCCC1. The van der Waals surface area contributed by atoms with Crippen LogP contribution in [0.1, 0.15) is 51.4 Å². The van der Waals surface area contributed by atoms with Crippen molar-refractivity contribution in [2.24, 2.45) is 0 Å². The van der Waals surface area contributed by atoms with Crippen molar-refractivity contribution in [1.82, 2.24) is 4.90 Å². The van der Waals surface area contributed by atoms with Gasteiger partial charge in [0.25, 0.3) is 0 Å². The molecule has 2 aliphatic rings. The van der Waals surface area contributed by atoms with Gasteiger partial charge in [-0.15, -0.1) is 3.89 Å². The average molecular weight is 277 g/mol. The molecule has 1 heterocycles. The van der Waals surface area contributed by atoms with E-state index in [4.69, 9.17) is 0 Å². The van der Waals surface area contributed by atoms with Crippen molar-refractivity contribution in [2.75, 3.05) is 6.54 Å². The topological polar surface area (TPSA) is 54.5 Å². The summed E-state index contributed by atoms with van der Waals surface area (Å²) in [7, 11) is -4.59. The van der Waals surface area contributed by atoms with E-state index < -0.39 is 15.5 Å². The Balaban J connectivity index is 2.01. The van der Waals surface area contributed by atoms with Crippen molar-refractivity contribution < 1.29 is 17.1 Å². The Morgan fingerprint density at radius 1 is 1.06 bits per heavy atom. The van der Waals surface area contributed by atoms with Crippen molar-refractivity contribution in [3.8, 4) is 0 Å². The van der Waals surface area contributed by atoms with Crippen LogP contribution in [0.3, 0.4) is 0 Å². The van der Waals surface area contributed by atoms with E-state index in [0.717, 1.165) is 25.7 Å². The van der Waals surface area contributed by atoms with Crippen LogP contribution in [0.15, 0.2) is 0 Å². The average Bonchev–Trinajstić information content (AvgIpc) is 2.59. The minimum atomic E-state index is -4.59. The first-order chi connectivity index (χ1) is 8.48. The molecular weight excluding hydrogens is 257 g/mol. The summed E-state index contributed by atoms with van der Waals surface area (Å²) in [5.41, 5.74) is 0. The van der Waals surface area contributed by atoms with Gasteiger partial charge in [-0.2, -0.15) is 8.42 Å². The standard InChI is InChI=1S/C12H20FNO3S/c13-18(16,17)11-8-12(15)14(9-11)10-6-4-2-1-3-5-7-10/h10-11H,1-9H2. The van der Waals surface area contributed by atoms with E-state index in [0.29, 0.717) is 0 Å². The van der Waals surface area contributed by atoms with E-state index in [9.17, 15) is 17.1 Å². The highest BCUT2D eigenvalue weighted by molar-refractivity contribution is 7.87. The maximum Gasteiger partial charge on any atom is 0.307 e. The Bertz CT molecular complexity index is 402. The molecule has 0 radical (unpaired) electrons. The lowest BCUT2D eigenvalue weighted by Gasteiger charge is -2.29. The molecule has 1 amide bonds. The van der Waals surface area contributed by atoms with Crippen molar-refractivity contribution >= 4 is 16.1 Å². The molecule has 1 aliphatic carbocycles. The highest BCUT2D eigenvalue weighted by Crippen LogP contribution is 2.27. The van der Waals surface area contributed by atoms with Gasteiger partial charge in [-0.3, -0.25) is 4.79 Å². The number of nitrogens with zero attached hydrogens (tertiary/aromatic N) is 1. The largest absolute Gasteiger partial charge is 0.338 e. The molecule has 1 saturated carbocycles. The first kappa shape index (κ1) is 13.8. The molecule has 0 aromatic heterocycles. The molecule has 1 saturated heterocycles. The zero-order valence-electron chi connectivity index (χ0n) is 10.5. The molecule has 1 aliphatic heterocycles. The molecule has 2 rings (SSSR count). The molecule has 0 aromatic carbocycles. The first-order valence-corrected chi connectivity index (χ1v) is 8.16. The van der Waals surface area contributed by atoms with Crippen LogP contribution in [0, 0.1) is 0 Å². The first-order valence-electron chi connectivity index (χ1n) is 6.71. The van der Waals surface area contributed by atoms with E-state index in [2.05, 4.69) is 0 Å². The van der Waals surface area contributed by atoms with Gasteiger partial charge < -0.3 is 4.90 Å². The van der Waals surface area contributed by atoms with E-state index in [1.807, 2.05) is 0 Å². The van der Waals surface area contributed by atoms with E-state index >= 15 is 0 Å². The quantitative estimate of drug-likeness (QED) is 0.725. The summed E-state index contributed by atoms with van der Waals surface area (Å²) in [6.07, 6.45) is 7.38. The van der Waals surface area contributed by atoms with Crippen LogP contribution >= 0.6 is 0 Å². The molecule has 0 bridgehead atoms. The third-order valence-electron chi connectivity index (χ3n) is 4.04. The lowest BCUT2D eigenvalue weighted by atomic mass is 9.96. The highest BCUT2D eigenvalue weighted by atomic mass is 32.3. The summed E-state index contributed by atoms with van der Waals surface area (Å²) < 4.78 is 34.7. The van der Waals surface area contributed by atoms with Crippen LogP contribution < -0.4 is 0 Å². The third kappa shape index (κ3) is 3.22. The lowest BCUT2D eigenvalue weighted by Crippen LogP contribution is -2.37. The van der Waals surface area contributed by atoms with Gasteiger partial charge in [-0.25, -0.2) is 0 Å². The highest BCUT2D eigenvalue weighted by Gasteiger charge is 2.40. The number of hydrogen-bond acceptors (Lipinski definition) is 3. The summed E-state index contributed by atoms with van der Waals surface area (Å²) in [5.74, 6) is -0.202. The molecule has 1 unspecified atom stereocenters. The summed E-state index contributed by atoms with van der Waals surface area (Å²) in [6.45, 7) is 0.0440. The summed E-state index contributed by atoms with van der Waals surface area (Å²) in [5, 5.41) is -1.14. The summed E-state index contributed by atoms with van der Waals surface area (Å²) in [6, 6.07) is 0.115. The fraction of sp³-hybridized carbons (Fsp3) is 0.917. The second-order valence-electron chi connectivity index (χ2n) is 5.35. The minimum Gasteiger partial charge on any atom is -0.338 e. The zero-order chi connectivity index (χ0) is 13.2. The third-order valence-corrected chi connectivity index (χ3v) is 5.15. The number of carbonyl (C=O) groups is 1. The molecule has 18 heavy (non-hydrogen) atoms. The van der Waals surface area contributed by atoms with Crippen LogP contribution in [0.25, 0.3) is 0 Å². The number of hydrogen-bond donors (Lipinski definition) is 0. The molecule has 0 aromatic rings. The van der Waals surface area contributed by atoms with Crippen LogP contribution in [0.5, 0.6) is 0 Å². The Hall–Kier alpha value is -0.650. The Kier molecular flexibility index (Phi) is 4.25. The molecule has 1 atom stereocenters. The van der Waals surface area contributed by atoms with Gasteiger partial charge >= 0.3 is 10.2 Å². The second-order valence-corrected chi connectivity index (χ2v) is 6.96. The van der Waals surface area contributed by atoms with Gasteiger partial charge in [0.05, 0.1) is 0 Å². The van der Waals surface area contributed by atoms with E-state index in [1.165, 1.54) is 19.3 Å². The lowest BCUT2D eigenvalue weighted by molar-refractivity contribution is -0.130. The van der Waals surface area contributed by atoms with Crippen LogP contribution in [-0.2, 0) is 15.0 Å². The van der Waals surface area contributed by atoms with Crippen molar-refractivity contribution in [1.29, 1.82) is 0 Å². The summed E-state index contributed by atoms with van der Waals surface area (Å²) >= 11 is 0. The molecule has 0 N–H and O–H groups in total. The molecular formula is C12H20FNO3S. The Labute approximate surface area is 108 Å². The predicted molar refractivity (Wildman–Crippen MR) is 66.3 cm³/mol. The van der Waals surface area contributed by atoms with Crippen molar-refractivity contribution in [3.63, 3.8) is 0 Å². The predicted octanol–water partition coefficient (Wildman–Crippen LogP) is 2.00. The van der Waals surface area contributed by atoms with Crippen LogP contribution in [0.2, 0.25) is 0 Å². The number of rotatable bonds is 2. The van der Waals surface area contributed by atoms with Gasteiger partial charge in [0.2, 0.25) is 5.91 Å². The molecule has 2 fully saturated rings. The maximum atomic E-state index is 12.9. The molecule has 104 valence electrons. The molecule has 6 heteroatoms. The number of amides is 1. The molecule has 4 nitrogen and oxygen atoms in total. The van der Waals surface area contributed by atoms with Crippen LogP contribution in [0.4, 0.5) is 3.89 Å². The molecule has 0 spiro atoms. The summed E-state index contributed by atoms with van der Waals surface area (Å²) in [4.78, 5) is 13.4. The number of carbonyl (C=O) groups excluding carboxylic acids is 1. The fourth-order valence-electron chi connectivity index (χ4n) is 2.99. The van der Waals surface area contributed by atoms with Gasteiger partial charge in [0.1, 0.15) is 5.25 Å². The Morgan fingerprint density at radius 3 is 2.11 bits per heavy atom. The number of likely N-dealkylation sites (tertiary alicyclic amines) is 1. The van der Waals surface area contributed by atoms with E-state index in [1.54, 1.807) is 4.90 Å². The normalized spacial score (nSPS) is 28.2. The van der Waals surface area contributed by atoms with Gasteiger partial charge in [-0.05, 0) is 12.8 Å². The minimum absolute atomic E-state index is 0.0440. The second kappa shape index (κ2) is 5.55.